The van der Waals surface area contributed by atoms with Crippen LogP contribution in [0.4, 0.5) is 11.5 Å². The summed E-state index contributed by atoms with van der Waals surface area (Å²) in [6.45, 7) is 11.4. The van der Waals surface area contributed by atoms with Gasteiger partial charge in [-0.15, -0.1) is 0 Å². The van der Waals surface area contributed by atoms with Gasteiger partial charge in [0.1, 0.15) is 5.82 Å². The highest BCUT2D eigenvalue weighted by atomic mass is 16.5. The van der Waals surface area contributed by atoms with Crippen LogP contribution >= 0.6 is 0 Å². The Hall–Kier alpha value is -1.45. The molecule has 0 amide bonds. The number of rotatable bonds is 7. The fourth-order valence-corrected chi connectivity index (χ4v) is 1.91. The van der Waals surface area contributed by atoms with E-state index in [1.807, 2.05) is 12.1 Å². The molecular formula is C15H27N3O. The average Bonchev–Trinajstić information content (AvgIpc) is 2.28. The molecule has 1 heterocycles. The second-order valence-corrected chi connectivity index (χ2v) is 5.97. The van der Waals surface area contributed by atoms with Gasteiger partial charge in [0.25, 0.3) is 0 Å². The summed E-state index contributed by atoms with van der Waals surface area (Å²) in [6, 6.07) is 4.12. The van der Waals surface area contributed by atoms with Crippen molar-refractivity contribution < 1.29 is 4.74 Å². The molecule has 0 fully saturated rings. The van der Waals surface area contributed by atoms with Crippen molar-refractivity contribution in [3.63, 3.8) is 0 Å². The van der Waals surface area contributed by atoms with Crippen molar-refractivity contribution in [3.8, 4) is 5.88 Å². The smallest absolute Gasteiger partial charge is 0.239 e. The number of hydrogen-bond donors (Lipinski definition) is 2. The standard InChI is InChI=1S/C15H27N3O/c1-10(2)8-12(5)17-14-7-6-13(16)15(18-14)19-9-11(3)4/h6-7,10-12H,8-9,16H2,1-5H3,(H,17,18). The fourth-order valence-electron chi connectivity index (χ4n) is 1.91. The Bertz CT molecular complexity index is 391. The summed E-state index contributed by atoms with van der Waals surface area (Å²) in [4.78, 5) is 4.43. The molecule has 19 heavy (non-hydrogen) atoms. The first-order chi connectivity index (χ1) is 8.88. The Morgan fingerprint density at radius 2 is 1.84 bits per heavy atom. The third kappa shape index (κ3) is 5.81. The lowest BCUT2D eigenvalue weighted by Crippen LogP contribution is -2.18. The van der Waals surface area contributed by atoms with E-state index in [9.17, 15) is 0 Å². The minimum atomic E-state index is 0.383. The normalized spacial score (nSPS) is 12.8. The van der Waals surface area contributed by atoms with Gasteiger partial charge in [-0.2, -0.15) is 4.98 Å². The third-order valence-corrected chi connectivity index (χ3v) is 2.66. The third-order valence-electron chi connectivity index (χ3n) is 2.66. The maximum absolute atomic E-state index is 5.87. The Morgan fingerprint density at radius 1 is 1.16 bits per heavy atom. The summed E-state index contributed by atoms with van der Waals surface area (Å²) in [6.07, 6.45) is 1.11. The molecule has 108 valence electrons. The van der Waals surface area contributed by atoms with Crippen molar-refractivity contribution in [1.82, 2.24) is 4.98 Å². The molecule has 4 heteroatoms. The van der Waals surface area contributed by atoms with Gasteiger partial charge in [0.05, 0.1) is 12.3 Å². The minimum Gasteiger partial charge on any atom is -0.476 e. The van der Waals surface area contributed by atoms with Crippen molar-refractivity contribution >= 4 is 11.5 Å². The SMILES string of the molecule is CC(C)COc1nc(NC(C)CC(C)C)ccc1N. The maximum Gasteiger partial charge on any atom is 0.239 e. The van der Waals surface area contributed by atoms with E-state index in [2.05, 4.69) is 44.9 Å². The van der Waals surface area contributed by atoms with Crippen molar-refractivity contribution in [1.29, 1.82) is 0 Å². The number of aromatic nitrogens is 1. The quantitative estimate of drug-likeness (QED) is 0.791. The largest absolute Gasteiger partial charge is 0.476 e. The highest BCUT2D eigenvalue weighted by Crippen LogP contribution is 2.22. The van der Waals surface area contributed by atoms with Crippen LogP contribution in [0.15, 0.2) is 12.1 Å². The highest BCUT2D eigenvalue weighted by Gasteiger charge is 2.09. The molecule has 0 radical (unpaired) electrons. The Morgan fingerprint density at radius 3 is 2.42 bits per heavy atom. The topological polar surface area (TPSA) is 60.2 Å². The summed E-state index contributed by atoms with van der Waals surface area (Å²) in [5, 5.41) is 3.38. The summed E-state index contributed by atoms with van der Waals surface area (Å²) >= 11 is 0. The first-order valence-electron chi connectivity index (χ1n) is 7.04. The number of anilines is 2. The molecule has 0 spiro atoms. The van der Waals surface area contributed by atoms with E-state index >= 15 is 0 Å². The van der Waals surface area contributed by atoms with Crippen LogP contribution in [0.3, 0.4) is 0 Å². The van der Waals surface area contributed by atoms with Crippen LogP contribution in [0.25, 0.3) is 0 Å². The van der Waals surface area contributed by atoms with Gasteiger partial charge >= 0.3 is 0 Å². The molecule has 0 aliphatic carbocycles. The van der Waals surface area contributed by atoms with Crippen LogP contribution in [0.5, 0.6) is 5.88 Å². The molecule has 0 bridgehead atoms. The van der Waals surface area contributed by atoms with Crippen LogP contribution in [0.2, 0.25) is 0 Å². The Kier molecular flexibility index (Phi) is 5.93. The molecule has 0 aliphatic heterocycles. The molecule has 1 rings (SSSR count). The van der Waals surface area contributed by atoms with E-state index in [4.69, 9.17) is 10.5 Å². The molecule has 0 aliphatic rings. The van der Waals surface area contributed by atoms with Crippen LogP contribution in [0.1, 0.15) is 41.0 Å². The van der Waals surface area contributed by atoms with E-state index in [1.165, 1.54) is 0 Å². The van der Waals surface area contributed by atoms with Crippen LogP contribution in [0, 0.1) is 11.8 Å². The predicted molar refractivity (Wildman–Crippen MR) is 81.5 cm³/mol. The number of nitrogens with two attached hydrogens (primary N) is 1. The summed E-state index contributed by atoms with van der Waals surface area (Å²) in [5.41, 5.74) is 6.46. The molecule has 1 aromatic heterocycles. The van der Waals surface area contributed by atoms with E-state index in [0.717, 1.165) is 12.2 Å². The Labute approximate surface area is 116 Å². The fraction of sp³-hybridized carbons (Fsp3) is 0.667. The molecule has 1 aromatic rings. The van der Waals surface area contributed by atoms with Crippen LogP contribution in [-0.2, 0) is 0 Å². The summed E-state index contributed by atoms with van der Waals surface area (Å²) in [5.74, 6) is 2.46. The lowest BCUT2D eigenvalue weighted by molar-refractivity contribution is 0.263. The van der Waals surface area contributed by atoms with E-state index in [1.54, 1.807) is 0 Å². The van der Waals surface area contributed by atoms with E-state index in [-0.39, 0.29) is 0 Å². The number of nitrogen functional groups attached to an aromatic ring is 1. The maximum atomic E-state index is 5.87. The predicted octanol–water partition coefficient (Wildman–Crippen LogP) is 3.55. The monoisotopic (exact) mass is 265 g/mol. The van der Waals surface area contributed by atoms with Gasteiger partial charge < -0.3 is 15.8 Å². The second-order valence-electron chi connectivity index (χ2n) is 5.97. The first kappa shape index (κ1) is 15.6. The van der Waals surface area contributed by atoms with Gasteiger partial charge in [-0.05, 0) is 37.3 Å². The highest BCUT2D eigenvalue weighted by molar-refractivity contribution is 5.53. The van der Waals surface area contributed by atoms with Gasteiger partial charge in [-0.1, -0.05) is 27.7 Å². The van der Waals surface area contributed by atoms with Gasteiger partial charge in [0.2, 0.25) is 5.88 Å². The van der Waals surface area contributed by atoms with Gasteiger partial charge in [0, 0.05) is 6.04 Å². The number of hydrogen-bond acceptors (Lipinski definition) is 4. The first-order valence-corrected chi connectivity index (χ1v) is 7.04. The summed E-state index contributed by atoms with van der Waals surface area (Å²) < 4.78 is 5.63. The molecule has 3 N–H and O–H groups in total. The minimum absolute atomic E-state index is 0.383. The lowest BCUT2D eigenvalue weighted by atomic mass is 10.1. The zero-order valence-electron chi connectivity index (χ0n) is 12.7. The van der Waals surface area contributed by atoms with E-state index in [0.29, 0.717) is 36.1 Å². The van der Waals surface area contributed by atoms with Crippen LogP contribution in [-0.4, -0.2) is 17.6 Å². The Balaban J connectivity index is 2.67. The molecular weight excluding hydrogens is 238 g/mol. The van der Waals surface area contributed by atoms with Crippen molar-refractivity contribution in [2.24, 2.45) is 11.8 Å². The van der Waals surface area contributed by atoms with Gasteiger partial charge in [-0.25, -0.2) is 0 Å². The molecule has 1 unspecified atom stereocenters. The number of nitrogens with zero attached hydrogens (tertiary/aromatic N) is 1. The van der Waals surface area contributed by atoms with Crippen molar-refractivity contribution in [2.45, 2.75) is 47.1 Å². The van der Waals surface area contributed by atoms with E-state index < -0.39 is 0 Å². The van der Waals surface area contributed by atoms with Gasteiger partial charge in [0.15, 0.2) is 0 Å². The van der Waals surface area contributed by atoms with Crippen LogP contribution < -0.4 is 15.8 Å². The zero-order chi connectivity index (χ0) is 14.4. The van der Waals surface area contributed by atoms with Gasteiger partial charge in [-0.3, -0.25) is 0 Å². The van der Waals surface area contributed by atoms with Crippen molar-refractivity contribution in [2.75, 3.05) is 17.7 Å². The molecule has 0 saturated carbocycles. The number of ether oxygens (including phenoxy) is 1. The zero-order valence-corrected chi connectivity index (χ0v) is 12.7. The number of pyridine rings is 1. The molecule has 1 atom stereocenters. The second kappa shape index (κ2) is 7.22. The molecule has 0 saturated heterocycles. The average molecular weight is 265 g/mol. The van der Waals surface area contributed by atoms with Crippen molar-refractivity contribution in [3.05, 3.63) is 12.1 Å². The lowest BCUT2D eigenvalue weighted by Gasteiger charge is -2.17. The summed E-state index contributed by atoms with van der Waals surface area (Å²) in [7, 11) is 0. The molecule has 4 nitrogen and oxygen atoms in total. The molecule has 0 aromatic carbocycles. The number of nitrogens with one attached hydrogen (secondary N) is 1.